The Morgan fingerprint density at radius 2 is 1.57 bits per heavy atom. The van der Waals surface area contributed by atoms with Crippen molar-refractivity contribution < 1.29 is 15.3 Å². The average molecular weight is 102 g/mol. The van der Waals surface area contributed by atoms with E-state index in [2.05, 4.69) is 0 Å². The molecule has 0 aliphatic rings. The summed E-state index contributed by atoms with van der Waals surface area (Å²) in [5, 5.41) is 24.2. The molecule has 0 saturated heterocycles. The fourth-order valence-electron chi connectivity index (χ4n) is 0. The molecule has 0 fully saturated rings. The SMILES string of the molecule is [B]C(C)C(O)(O)O. The summed E-state index contributed by atoms with van der Waals surface area (Å²) in [4.78, 5) is 0. The maximum Gasteiger partial charge on any atom is 0.269 e. The van der Waals surface area contributed by atoms with Gasteiger partial charge in [0.15, 0.2) is 0 Å². The summed E-state index contributed by atoms with van der Waals surface area (Å²) >= 11 is 0. The Kier molecular flexibility index (Phi) is 1.80. The summed E-state index contributed by atoms with van der Waals surface area (Å²) in [5.41, 5.74) is 0. The third-order valence-corrected chi connectivity index (χ3v) is 0.611. The predicted octanol–water partition coefficient (Wildman–Crippen LogP) is -1.41. The van der Waals surface area contributed by atoms with Crippen molar-refractivity contribution in [3.8, 4) is 0 Å². The van der Waals surface area contributed by atoms with Gasteiger partial charge in [-0.3, -0.25) is 0 Å². The van der Waals surface area contributed by atoms with Crippen LogP contribution in [0.2, 0.25) is 5.82 Å². The molecule has 0 saturated carbocycles. The van der Waals surface area contributed by atoms with Crippen LogP contribution >= 0.6 is 0 Å². The summed E-state index contributed by atoms with van der Waals surface area (Å²) in [5.74, 6) is -3.76. The Morgan fingerprint density at radius 3 is 1.57 bits per heavy atom. The monoisotopic (exact) mass is 102 g/mol. The van der Waals surface area contributed by atoms with Gasteiger partial charge in [-0.05, 0) is 5.82 Å². The van der Waals surface area contributed by atoms with Crippen LogP contribution in [0.1, 0.15) is 6.92 Å². The van der Waals surface area contributed by atoms with Crippen molar-refractivity contribution in [2.75, 3.05) is 0 Å². The van der Waals surface area contributed by atoms with Gasteiger partial charge in [-0.1, -0.05) is 6.92 Å². The second kappa shape index (κ2) is 1.82. The van der Waals surface area contributed by atoms with Crippen LogP contribution in [0.3, 0.4) is 0 Å². The molecule has 7 heavy (non-hydrogen) atoms. The van der Waals surface area contributed by atoms with Crippen LogP contribution in [0.25, 0.3) is 0 Å². The first kappa shape index (κ1) is 6.94. The summed E-state index contributed by atoms with van der Waals surface area (Å²) in [6.45, 7) is 1.28. The van der Waals surface area contributed by atoms with Crippen LogP contribution < -0.4 is 0 Å². The summed E-state index contributed by atoms with van der Waals surface area (Å²) in [7, 11) is 4.82. The first-order chi connectivity index (χ1) is 2.94. The summed E-state index contributed by atoms with van der Waals surface area (Å²) in [6, 6.07) is 0. The molecule has 0 aromatic heterocycles. The smallest absolute Gasteiger partial charge is 0.269 e. The fraction of sp³-hybridized carbons (Fsp3) is 1.00. The van der Waals surface area contributed by atoms with E-state index >= 15 is 0 Å². The molecule has 0 rings (SSSR count). The Hall–Kier alpha value is -0.0551. The molecule has 1 atom stereocenters. The van der Waals surface area contributed by atoms with Gasteiger partial charge in [-0.25, -0.2) is 0 Å². The normalized spacial score (nSPS) is 16.6. The number of aliphatic hydroxyl groups is 3. The van der Waals surface area contributed by atoms with E-state index in [-0.39, 0.29) is 0 Å². The molecule has 0 aromatic rings. The van der Waals surface area contributed by atoms with E-state index in [0.29, 0.717) is 0 Å². The third-order valence-electron chi connectivity index (χ3n) is 0.611. The van der Waals surface area contributed by atoms with E-state index in [1.807, 2.05) is 0 Å². The second-order valence-corrected chi connectivity index (χ2v) is 1.48. The van der Waals surface area contributed by atoms with Crippen molar-refractivity contribution >= 4 is 7.85 Å². The predicted molar refractivity (Wildman–Crippen MR) is 24.6 cm³/mol. The Bertz CT molecular complexity index is 55.7. The maximum absolute atomic E-state index is 8.08. The first-order valence-electron chi connectivity index (χ1n) is 1.87. The molecule has 0 aliphatic carbocycles. The fourth-order valence-corrected chi connectivity index (χ4v) is 0. The zero-order valence-corrected chi connectivity index (χ0v) is 4.00. The largest absolute Gasteiger partial charge is 0.344 e. The van der Waals surface area contributed by atoms with Gasteiger partial charge < -0.3 is 15.3 Å². The van der Waals surface area contributed by atoms with Crippen LogP contribution in [0, 0.1) is 0 Å². The molecule has 0 bridgehead atoms. The van der Waals surface area contributed by atoms with Crippen molar-refractivity contribution in [2.45, 2.75) is 18.7 Å². The van der Waals surface area contributed by atoms with E-state index in [0.717, 1.165) is 0 Å². The highest BCUT2D eigenvalue weighted by Gasteiger charge is 2.21. The lowest BCUT2D eigenvalue weighted by Crippen LogP contribution is -2.31. The number of rotatable bonds is 1. The standard InChI is InChI=1S/C3H7BO3/c1-2(4)3(5,6)7/h2,5-7H,1H3. The molecule has 0 amide bonds. The number of hydrogen-bond acceptors (Lipinski definition) is 3. The van der Waals surface area contributed by atoms with Crippen molar-refractivity contribution in [3.63, 3.8) is 0 Å². The topological polar surface area (TPSA) is 60.7 Å². The van der Waals surface area contributed by atoms with E-state index in [1.165, 1.54) is 6.92 Å². The van der Waals surface area contributed by atoms with E-state index in [4.69, 9.17) is 23.2 Å². The lowest BCUT2D eigenvalue weighted by molar-refractivity contribution is -0.310. The maximum atomic E-state index is 8.08. The molecule has 0 aliphatic heterocycles. The molecule has 0 heterocycles. The highest BCUT2D eigenvalue weighted by atomic mass is 16.7. The Labute approximate surface area is 43.0 Å². The minimum absolute atomic E-state index is 1.03. The molecule has 3 nitrogen and oxygen atoms in total. The van der Waals surface area contributed by atoms with Crippen LogP contribution in [-0.4, -0.2) is 29.1 Å². The van der Waals surface area contributed by atoms with Crippen LogP contribution in [0.5, 0.6) is 0 Å². The van der Waals surface area contributed by atoms with Gasteiger partial charge in [0.05, 0.1) is 7.85 Å². The van der Waals surface area contributed by atoms with Gasteiger partial charge in [0.2, 0.25) is 0 Å². The first-order valence-corrected chi connectivity index (χ1v) is 1.87. The lowest BCUT2D eigenvalue weighted by Gasteiger charge is -2.17. The quantitative estimate of drug-likeness (QED) is 0.281. The molecule has 2 radical (unpaired) electrons. The lowest BCUT2D eigenvalue weighted by atomic mass is 9.87. The highest BCUT2D eigenvalue weighted by molar-refractivity contribution is 6.11. The minimum Gasteiger partial charge on any atom is -0.344 e. The van der Waals surface area contributed by atoms with Gasteiger partial charge in [0.25, 0.3) is 5.97 Å². The number of hydrogen-bond donors (Lipinski definition) is 3. The summed E-state index contributed by atoms with van der Waals surface area (Å²) in [6.07, 6.45) is 0. The van der Waals surface area contributed by atoms with Gasteiger partial charge in [0, 0.05) is 0 Å². The Morgan fingerprint density at radius 1 is 1.43 bits per heavy atom. The molecule has 3 N–H and O–H groups in total. The van der Waals surface area contributed by atoms with E-state index < -0.39 is 11.8 Å². The van der Waals surface area contributed by atoms with Crippen molar-refractivity contribution in [1.29, 1.82) is 0 Å². The van der Waals surface area contributed by atoms with Gasteiger partial charge >= 0.3 is 0 Å². The zero-order chi connectivity index (χ0) is 6.08. The van der Waals surface area contributed by atoms with Crippen molar-refractivity contribution in [2.24, 2.45) is 0 Å². The van der Waals surface area contributed by atoms with Crippen LogP contribution in [0.4, 0.5) is 0 Å². The van der Waals surface area contributed by atoms with Crippen LogP contribution in [0.15, 0.2) is 0 Å². The van der Waals surface area contributed by atoms with Gasteiger partial charge in [0.1, 0.15) is 0 Å². The molecule has 0 spiro atoms. The summed E-state index contributed by atoms with van der Waals surface area (Å²) < 4.78 is 0. The van der Waals surface area contributed by atoms with Gasteiger partial charge in [-0.2, -0.15) is 0 Å². The van der Waals surface area contributed by atoms with Gasteiger partial charge in [-0.15, -0.1) is 0 Å². The molecule has 40 valence electrons. The van der Waals surface area contributed by atoms with Crippen molar-refractivity contribution in [3.05, 3.63) is 0 Å². The zero-order valence-electron chi connectivity index (χ0n) is 4.00. The molecule has 1 unspecified atom stereocenters. The molecule has 0 aromatic carbocycles. The van der Waals surface area contributed by atoms with E-state index in [1.54, 1.807) is 0 Å². The van der Waals surface area contributed by atoms with Crippen LogP contribution in [-0.2, 0) is 0 Å². The van der Waals surface area contributed by atoms with Crippen molar-refractivity contribution in [1.82, 2.24) is 0 Å². The second-order valence-electron chi connectivity index (χ2n) is 1.48. The van der Waals surface area contributed by atoms with E-state index in [9.17, 15) is 0 Å². The molecule has 4 heteroatoms. The minimum atomic E-state index is -2.72. The highest BCUT2D eigenvalue weighted by Crippen LogP contribution is 2.10. The third kappa shape index (κ3) is 2.62. The average Bonchev–Trinajstić information content (AvgIpc) is 1.31. The Balaban J connectivity index is 3.54. The molecular formula is C3H7BO3. The molecular weight excluding hydrogens is 94.8 g/mol.